The molecule has 1 unspecified atom stereocenters. The molecule has 0 saturated carbocycles. The highest BCUT2D eigenvalue weighted by Gasteiger charge is 2.32. The summed E-state index contributed by atoms with van der Waals surface area (Å²) >= 11 is 0. The first-order valence-corrected chi connectivity index (χ1v) is 8.76. The Morgan fingerprint density at radius 3 is 2.54 bits per heavy atom. The molecule has 0 bridgehead atoms. The van der Waals surface area contributed by atoms with Crippen LogP contribution in [0, 0.1) is 10.1 Å². The first kappa shape index (κ1) is 17.8. The predicted octanol–water partition coefficient (Wildman–Crippen LogP) is 1.90. The summed E-state index contributed by atoms with van der Waals surface area (Å²) in [5.74, 6) is 0.752. The Morgan fingerprint density at radius 1 is 1.11 bits per heavy atom. The minimum Gasteiger partial charge on any atom is -0.486 e. The van der Waals surface area contributed by atoms with Crippen molar-refractivity contribution in [3.63, 3.8) is 0 Å². The number of carbonyl (C=O) groups is 2. The van der Waals surface area contributed by atoms with Crippen molar-refractivity contribution in [2.45, 2.75) is 12.5 Å². The maximum absolute atomic E-state index is 12.4. The minimum atomic E-state index is -0.525. The molecule has 1 fully saturated rings. The molecule has 1 saturated heterocycles. The van der Waals surface area contributed by atoms with E-state index in [9.17, 15) is 19.7 Å². The van der Waals surface area contributed by atoms with E-state index in [4.69, 9.17) is 9.47 Å². The van der Waals surface area contributed by atoms with E-state index in [1.807, 2.05) is 0 Å². The van der Waals surface area contributed by atoms with Crippen LogP contribution in [0.1, 0.15) is 16.8 Å². The van der Waals surface area contributed by atoms with Crippen molar-refractivity contribution in [1.29, 1.82) is 0 Å². The molecular formula is C19H17N3O6. The van der Waals surface area contributed by atoms with Gasteiger partial charge < -0.3 is 19.7 Å². The van der Waals surface area contributed by atoms with E-state index in [0.717, 1.165) is 0 Å². The van der Waals surface area contributed by atoms with Crippen LogP contribution < -0.4 is 19.7 Å². The number of fused-ring (bicyclic) bond motifs is 1. The monoisotopic (exact) mass is 383 g/mol. The summed E-state index contributed by atoms with van der Waals surface area (Å²) < 4.78 is 11.0. The number of nitro groups is 1. The molecule has 0 radical (unpaired) electrons. The summed E-state index contributed by atoms with van der Waals surface area (Å²) in [4.78, 5) is 36.6. The molecule has 28 heavy (non-hydrogen) atoms. The van der Waals surface area contributed by atoms with Gasteiger partial charge in [0.2, 0.25) is 5.91 Å². The summed E-state index contributed by atoms with van der Waals surface area (Å²) in [6, 6.07) is 10.3. The van der Waals surface area contributed by atoms with E-state index in [2.05, 4.69) is 5.32 Å². The van der Waals surface area contributed by atoms with Gasteiger partial charge in [-0.1, -0.05) is 0 Å². The van der Waals surface area contributed by atoms with Crippen LogP contribution in [0.25, 0.3) is 0 Å². The zero-order chi connectivity index (χ0) is 19.7. The molecule has 2 aromatic rings. The fourth-order valence-electron chi connectivity index (χ4n) is 3.26. The summed E-state index contributed by atoms with van der Waals surface area (Å²) in [6.07, 6.45) is 0.174. The summed E-state index contributed by atoms with van der Waals surface area (Å²) in [5, 5.41) is 13.5. The molecule has 2 aliphatic heterocycles. The highest BCUT2D eigenvalue weighted by molar-refractivity contribution is 5.99. The van der Waals surface area contributed by atoms with Crippen LogP contribution in [0.4, 0.5) is 11.4 Å². The number of nitrogens with one attached hydrogen (secondary N) is 1. The number of nitro benzene ring substituents is 1. The van der Waals surface area contributed by atoms with Crippen LogP contribution in [0.2, 0.25) is 0 Å². The van der Waals surface area contributed by atoms with E-state index in [0.29, 0.717) is 42.5 Å². The Morgan fingerprint density at radius 2 is 1.82 bits per heavy atom. The molecule has 0 spiro atoms. The van der Waals surface area contributed by atoms with Crippen LogP contribution in [0.3, 0.4) is 0 Å². The molecule has 144 valence electrons. The molecule has 2 amide bonds. The second-order valence-corrected chi connectivity index (χ2v) is 6.51. The number of nitrogens with zero attached hydrogens (tertiary/aromatic N) is 2. The zero-order valence-corrected chi connectivity index (χ0v) is 14.8. The lowest BCUT2D eigenvalue weighted by Crippen LogP contribution is -2.37. The van der Waals surface area contributed by atoms with Crippen molar-refractivity contribution in [2.24, 2.45) is 0 Å². The highest BCUT2D eigenvalue weighted by Crippen LogP contribution is 2.35. The van der Waals surface area contributed by atoms with Gasteiger partial charge in [-0.3, -0.25) is 19.7 Å². The topological polar surface area (TPSA) is 111 Å². The Kier molecular flexibility index (Phi) is 4.56. The van der Waals surface area contributed by atoms with Crippen LogP contribution in [0.15, 0.2) is 42.5 Å². The molecule has 4 rings (SSSR count). The third kappa shape index (κ3) is 3.46. The van der Waals surface area contributed by atoms with E-state index >= 15 is 0 Å². The number of non-ortho nitro benzene ring substituents is 1. The van der Waals surface area contributed by atoms with Crippen molar-refractivity contribution in [2.75, 3.05) is 24.7 Å². The number of carbonyl (C=O) groups excluding carboxylic acids is 2. The van der Waals surface area contributed by atoms with Gasteiger partial charge >= 0.3 is 0 Å². The molecule has 9 nitrogen and oxygen atoms in total. The van der Waals surface area contributed by atoms with Gasteiger partial charge in [0.05, 0.1) is 11.0 Å². The van der Waals surface area contributed by atoms with Gasteiger partial charge in [0.25, 0.3) is 11.6 Å². The second-order valence-electron chi connectivity index (χ2n) is 6.51. The number of anilines is 1. The molecule has 2 aromatic carbocycles. The van der Waals surface area contributed by atoms with Crippen LogP contribution in [0.5, 0.6) is 11.5 Å². The maximum atomic E-state index is 12.4. The van der Waals surface area contributed by atoms with Crippen molar-refractivity contribution < 1.29 is 24.0 Å². The molecule has 9 heteroatoms. The zero-order valence-electron chi connectivity index (χ0n) is 14.8. The summed E-state index contributed by atoms with van der Waals surface area (Å²) in [6.45, 7) is 1.28. The van der Waals surface area contributed by atoms with E-state index in [-0.39, 0.29) is 30.0 Å². The molecule has 1 N–H and O–H groups in total. The Hall–Kier alpha value is -3.62. The van der Waals surface area contributed by atoms with Gasteiger partial charge in [-0.25, -0.2) is 0 Å². The maximum Gasteiger partial charge on any atom is 0.269 e. The van der Waals surface area contributed by atoms with Gasteiger partial charge in [-0.2, -0.15) is 0 Å². The largest absolute Gasteiger partial charge is 0.486 e. The van der Waals surface area contributed by atoms with Gasteiger partial charge in [0.1, 0.15) is 13.2 Å². The van der Waals surface area contributed by atoms with E-state index < -0.39 is 4.92 Å². The van der Waals surface area contributed by atoms with Gasteiger partial charge in [-0.05, 0) is 24.3 Å². The first-order valence-electron chi connectivity index (χ1n) is 8.76. The number of rotatable bonds is 4. The number of hydrogen-bond donors (Lipinski definition) is 1. The van der Waals surface area contributed by atoms with E-state index in [1.165, 1.54) is 24.3 Å². The average molecular weight is 383 g/mol. The summed E-state index contributed by atoms with van der Waals surface area (Å²) in [7, 11) is 0. The lowest BCUT2D eigenvalue weighted by molar-refractivity contribution is -0.384. The van der Waals surface area contributed by atoms with Crippen molar-refractivity contribution in [1.82, 2.24) is 5.32 Å². The highest BCUT2D eigenvalue weighted by atomic mass is 16.6. The van der Waals surface area contributed by atoms with E-state index in [1.54, 1.807) is 23.1 Å². The fraction of sp³-hybridized carbons (Fsp3) is 0.263. The van der Waals surface area contributed by atoms with Crippen LogP contribution in [-0.4, -0.2) is 42.5 Å². The molecule has 0 aromatic heterocycles. The third-order valence-corrected chi connectivity index (χ3v) is 4.64. The lowest BCUT2D eigenvalue weighted by atomic mass is 10.1. The Balaban J connectivity index is 1.43. The predicted molar refractivity (Wildman–Crippen MR) is 98.8 cm³/mol. The minimum absolute atomic E-state index is 0.0858. The first-order chi connectivity index (χ1) is 13.5. The van der Waals surface area contributed by atoms with Gasteiger partial charge in [0.15, 0.2) is 11.5 Å². The summed E-state index contributed by atoms with van der Waals surface area (Å²) in [5.41, 5.74) is 0.898. The molecule has 2 heterocycles. The second kappa shape index (κ2) is 7.18. The molecule has 1 atom stereocenters. The van der Waals surface area contributed by atoms with Crippen LogP contribution >= 0.6 is 0 Å². The Bertz CT molecular complexity index is 943. The molecular weight excluding hydrogens is 366 g/mol. The third-order valence-electron chi connectivity index (χ3n) is 4.64. The van der Waals surface area contributed by atoms with Crippen LogP contribution in [-0.2, 0) is 4.79 Å². The Labute approximate surface area is 160 Å². The number of benzene rings is 2. The van der Waals surface area contributed by atoms with Crippen molar-refractivity contribution in [3.05, 3.63) is 58.1 Å². The number of hydrogen-bond acceptors (Lipinski definition) is 6. The normalized spacial score (nSPS) is 18.1. The lowest BCUT2D eigenvalue weighted by Gasteiger charge is -2.22. The van der Waals surface area contributed by atoms with Gasteiger partial charge in [0, 0.05) is 42.4 Å². The number of ether oxygens (including phenoxy) is 2. The fourth-order valence-corrected chi connectivity index (χ4v) is 3.26. The average Bonchev–Trinajstić information content (AvgIpc) is 3.07. The molecule has 0 aliphatic carbocycles. The molecule has 2 aliphatic rings. The smallest absolute Gasteiger partial charge is 0.269 e. The standard InChI is InChI=1S/C19H17N3O6/c23-18-9-13(20-19(24)12-1-3-14(4-2-12)22(25)26)11-21(18)15-5-6-16-17(10-15)28-8-7-27-16/h1-6,10,13H,7-9,11H2,(H,20,24). The SMILES string of the molecule is O=C(NC1CC(=O)N(c2ccc3c(c2)OCCO3)C1)c1ccc([N+](=O)[O-])cc1. The van der Waals surface area contributed by atoms with Crippen molar-refractivity contribution >= 4 is 23.2 Å². The number of amides is 2. The van der Waals surface area contributed by atoms with Crippen molar-refractivity contribution in [3.8, 4) is 11.5 Å². The quantitative estimate of drug-likeness (QED) is 0.638. The van der Waals surface area contributed by atoms with Gasteiger partial charge in [-0.15, -0.1) is 0 Å².